The van der Waals surface area contributed by atoms with Crippen LogP contribution in [0.2, 0.25) is 0 Å². The minimum atomic E-state index is -4.51. The van der Waals surface area contributed by atoms with E-state index in [9.17, 15) is 26.0 Å². The highest BCUT2D eigenvalue weighted by Gasteiger charge is 2.35. The maximum atomic E-state index is 13.6. The number of sulfonamides is 1. The fourth-order valence-electron chi connectivity index (χ4n) is 3.41. The molecule has 6 nitrogen and oxygen atoms in total. The number of benzene rings is 2. The van der Waals surface area contributed by atoms with Crippen molar-refractivity contribution >= 4 is 36.7 Å². The summed E-state index contributed by atoms with van der Waals surface area (Å²) in [6.07, 6.45) is -4.51. The summed E-state index contributed by atoms with van der Waals surface area (Å²) in [6.45, 7) is 0.615. The van der Waals surface area contributed by atoms with Gasteiger partial charge in [-0.1, -0.05) is 17.4 Å². The topological polar surface area (TPSA) is 62.7 Å². The molecule has 4 rings (SSSR count). The van der Waals surface area contributed by atoms with Crippen LogP contribution in [0.3, 0.4) is 0 Å². The van der Waals surface area contributed by atoms with E-state index in [-0.39, 0.29) is 42.3 Å². The number of anilines is 1. The van der Waals surface area contributed by atoms with Gasteiger partial charge in [-0.3, -0.25) is 0 Å². The molecule has 0 atom stereocenters. The monoisotopic (exact) mass is 475 g/mol. The molecule has 0 spiro atoms. The minimum Gasteiger partial charge on any atom is -0.495 e. The molecule has 1 saturated heterocycles. The predicted octanol–water partition coefficient (Wildman–Crippen LogP) is 3.97. The number of methoxy groups -OCH3 is 1. The number of thiazole rings is 1. The first kappa shape index (κ1) is 21.8. The molecule has 166 valence electrons. The van der Waals surface area contributed by atoms with E-state index in [2.05, 4.69) is 4.98 Å². The third kappa shape index (κ3) is 4.06. The van der Waals surface area contributed by atoms with Gasteiger partial charge in [0.1, 0.15) is 16.5 Å². The molecule has 31 heavy (non-hydrogen) atoms. The van der Waals surface area contributed by atoms with Crippen molar-refractivity contribution in [2.45, 2.75) is 11.1 Å². The molecule has 2 aromatic carbocycles. The molecule has 0 radical (unpaired) electrons. The minimum absolute atomic E-state index is 0.0367. The predicted molar refractivity (Wildman–Crippen MR) is 109 cm³/mol. The summed E-state index contributed by atoms with van der Waals surface area (Å²) in [5.41, 5.74) is -0.915. The Morgan fingerprint density at radius 1 is 1.10 bits per heavy atom. The fraction of sp³-hybridized carbons (Fsp3) is 0.316. The highest BCUT2D eigenvalue weighted by molar-refractivity contribution is 7.89. The number of halogens is 4. The van der Waals surface area contributed by atoms with E-state index in [1.54, 1.807) is 11.0 Å². The number of alkyl halides is 3. The van der Waals surface area contributed by atoms with E-state index in [0.717, 1.165) is 29.5 Å². The molecule has 1 aliphatic rings. The number of para-hydroxylation sites is 1. The van der Waals surface area contributed by atoms with E-state index in [1.165, 1.54) is 23.5 Å². The number of aromatic nitrogens is 1. The van der Waals surface area contributed by atoms with E-state index < -0.39 is 27.6 Å². The van der Waals surface area contributed by atoms with E-state index in [0.29, 0.717) is 9.83 Å². The molecule has 1 aliphatic heterocycles. The van der Waals surface area contributed by atoms with Gasteiger partial charge in [-0.25, -0.2) is 17.8 Å². The van der Waals surface area contributed by atoms with Crippen LogP contribution in [0.1, 0.15) is 5.56 Å². The second kappa shape index (κ2) is 7.92. The van der Waals surface area contributed by atoms with Crippen molar-refractivity contribution in [1.82, 2.24) is 9.29 Å². The lowest BCUT2D eigenvalue weighted by Crippen LogP contribution is -2.48. The van der Waals surface area contributed by atoms with Crippen LogP contribution in [-0.4, -0.2) is 51.0 Å². The van der Waals surface area contributed by atoms with Crippen molar-refractivity contribution in [3.05, 3.63) is 47.8 Å². The standard InChI is InChI=1S/C19H17F4N3O3S2/c1-29-14-6-5-12(20)11-16(14)31(27,28)26-9-7-25(8-10-26)18-24-17-13(19(21,22)23)3-2-4-15(17)30-18/h2-6,11H,7-10H2,1H3. The van der Waals surface area contributed by atoms with Gasteiger partial charge in [-0.05, 0) is 30.3 Å². The van der Waals surface area contributed by atoms with Crippen LogP contribution >= 0.6 is 11.3 Å². The highest BCUT2D eigenvalue weighted by Crippen LogP contribution is 2.38. The van der Waals surface area contributed by atoms with Crippen LogP contribution in [0.5, 0.6) is 5.75 Å². The quantitative estimate of drug-likeness (QED) is 0.535. The normalized spacial score (nSPS) is 16.1. The molecule has 12 heteroatoms. The summed E-state index contributed by atoms with van der Waals surface area (Å²) in [6, 6.07) is 7.16. The highest BCUT2D eigenvalue weighted by atomic mass is 32.2. The lowest BCUT2D eigenvalue weighted by molar-refractivity contribution is -0.136. The Morgan fingerprint density at radius 3 is 2.45 bits per heavy atom. The molecule has 1 fully saturated rings. The number of fused-ring (bicyclic) bond motifs is 1. The zero-order valence-corrected chi connectivity index (χ0v) is 17.8. The largest absolute Gasteiger partial charge is 0.495 e. The van der Waals surface area contributed by atoms with Crippen LogP contribution in [0.25, 0.3) is 10.2 Å². The Kier molecular flexibility index (Phi) is 5.56. The van der Waals surface area contributed by atoms with Crippen LogP contribution in [-0.2, 0) is 16.2 Å². The Balaban J connectivity index is 1.56. The summed E-state index contributed by atoms with van der Waals surface area (Å²) in [5.74, 6) is -0.664. The molecular weight excluding hydrogens is 458 g/mol. The second-order valence-electron chi connectivity index (χ2n) is 6.83. The zero-order chi connectivity index (χ0) is 22.4. The molecule has 1 aromatic heterocycles. The number of nitrogens with zero attached hydrogens (tertiary/aromatic N) is 3. The number of ether oxygens (including phenoxy) is 1. The van der Waals surface area contributed by atoms with Crippen LogP contribution in [0, 0.1) is 5.82 Å². The molecule has 0 saturated carbocycles. The van der Waals surface area contributed by atoms with Crippen molar-refractivity contribution < 1.29 is 30.7 Å². The lowest BCUT2D eigenvalue weighted by Gasteiger charge is -2.34. The van der Waals surface area contributed by atoms with Crippen molar-refractivity contribution in [2.24, 2.45) is 0 Å². The van der Waals surface area contributed by atoms with Crippen molar-refractivity contribution in [3.63, 3.8) is 0 Å². The zero-order valence-electron chi connectivity index (χ0n) is 16.2. The van der Waals surface area contributed by atoms with Crippen LogP contribution in [0.15, 0.2) is 41.3 Å². The van der Waals surface area contributed by atoms with Gasteiger partial charge in [0.2, 0.25) is 10.0 Å². The summed E-state index contributed by atoms with van der Waals surface area (Å²) in [4.78, 5) is 5.66. The number of piperazine rings is 1. The molecule has 0 amide bonds. The van der Waals surface area contributed by atoms with Gasteiger partial charge in [-0.2, -0.15) is 17.5 Å². The smallest absolute Gasteiger partial charge is 0.418 e. The molecule has 3 aromatic rings. The molecule has 0 aliphatic carbocycles. The van der Waals surface area contributed by atoms with E-state index in [4.69, 9.17) is 4.74 Å². The van der Waals surface area contributed by atoms with E-state index >= 15 is 0 Å². The summed E-state index contributed by atoms with van der Waals surface area (Å²) in [5, 5.41) is 0.395. The first-order chi connectivity index (χ1) is 14.6. The number of hydrogen-bond acceptors (Lipinski definition) is 6. The van der Waals surface area contributed by atoms with Gasteiger partial charge >= 0.3 is 6.18 Å². The van der Waals surface area contributed by atoms with E-state index in [1.807, 2.05) is 0 Å². The van der Waals surface area contributed by atoms with Crippen LogP contribution in [0.4, 0.5) is 22.7 Å². The summed E-state index contributed by atoms with van der Waals surface area (Å²) < 4.78 is 86.0. The fourth-order valence-corrected chi connectivity index (χ4v) is 6.05. The van der Waals surface area contributed by atoms with Crippen molar-refractivity contribution in [2.75, 3.05) is 38.2 Å². The van der Waals surface area contributed by atoms with Gasteiger partial charge < -0.3 is 9.64 Å². The van der Waals surface area contributed by atoms with Crippen molar-refractivity contribution in [3.8, 4) is 5.75 Å². The first-order valence-corrected chi connectivity index (χ1v) is 11.4. The number of rotatable bonds is 4. The van der Waals surface area contributed by atoms with Gasteiger partial charge in [0.15, 0.2) is 5.13 Å². The molecule has 2 heterocycles. The van der Waals surface area contributed by atoms with Crippen molar-refractivity contribution in [1.29, 1.82) is 0 Å². The Hall–Kier alpha value is -2.44. The second-order valence-corrected chi connectivity index (χ2v) is 9.75. The molecule has 0 N–H and O–H groups in total. The van der Waals surface area contributed by atoms with Gasteiger partial charge in [-0.15, -0.1) is 0 Å². The molecular formula is C19H17F4N3O3S2. The summed E-state index contributed by atoms with van der Waals surface area (Å²) >= 11 is 1.12. The molecule has 0 unspecified atom stereocenters. The number of hydrogen-bond donors (Lipinski definition) is 0. The van der Waals surface area contributed by atoms with Crippen LogP contribution < -0.4 is 9.64 Å². The Bertz CT molecular complexity index is 1220. The third-order valence-corrected chi connectivity index (χ3v) is 7.97. The van der Waals surface area contributed by atoms with Gasteiger partial charge in [0.25, 0.3) is 0 Å². The van der Waals surface area contributed by atoms with Gasteiger partial charge in [0.05, 0.1) is 22.9 Å². The maximum Gasteiger partial charge on any atom is 0.418 e. The molecule has 0 bridgehead atoms. The third-order valence-electron chi connectivity index (χ3n) is 4.97. The Morgan fingerprint density at radius 2 is 1.81 bits per heavy atom. The SMILES string of the molecule is COc1ccc(F)cc1S(=O)(=O)N1CCN(c2nc3c(C(F)(F)F)cccc3s2)CC1. The average molecular weight is 475 g/mol. The summed E-state index contributed by atoms with van der Waals surface area (Å²) in [7, 11) is -2.71. The lowest BCUT2D eigenvalue weighted by atomic mass is 10.2. The average Bonchev–Trinajstić information content (AvgIpc) is 3.17. The Labute approximate surface area is 179 Å². The first-order valence-electron chi connectivity index (χ1n) is 9.16. The maximum absolute atomic E-state index is 13.6. The van der Waals surface area contributed by atoms with Gasteiger partial charge in [0, 0.05) is 26.2 Å².